The number of nitrogen functional groups attached to an aromatic ring is 1. The lowest BCUT2D eigenvalue weighted by atomic mass is 9.95. The third-order valence-electron chi connectivity index (χ3n) is 9.18. The number of piperidine rings is 1. The minimum absolute atomic E-state index is 0.0476. The first-order chi connectivity index (χ1) is 26.6. The summed E-state index contributed by atoms with van der Waals surface area (Å²) in [6.45, 7) is 2.72. The Morgan fingerprint density at radius 3 is 2.43 bits per heavy atom. The van der Waals surface area contributed by atoms with Crippen LogP contribution >= 0.6 is 7.75 Å². The maximum absolute atomic E-state index is 14.5. The van der Waals surface area contributed by atoms with Crippen molar-refractivity contribution in [3.63, 3.8) is 0 Å². The Hall–Kier alpha value is -4.80. The summed E-state index contributed by atoms with van der Waals surface area (Å²) in [5, 5.41) is 17.5. The summed E-state index contributed by atoms with van der Waals surface area (Å²) < 4.78 is 89.2. The zero-order valence-electron chi connectivity index (χ0n) is 30.8. The van der Waals surface area contributed by atoms with Crippen molar-refractivity contribution in [1.29, 1.82) is 5.26 Å². The lowest BCUT2D eigenvalue weighted by molar-refractivity contribution is -0.169. The number of halogens is 3. The summed E-state index contributed by atoms with van der Waals surface area (Å²) in [5.41, 5.74) is 4.33. The van der Waals surface area contributed by atoms with Crippen LogP contribution in [0.1, 0.15) is 58.3 Å². The van der Waals surface area contributed by atoms with Gasteiger partial charge in [-0.15, -0.1) is 0 Å². The summed E-state index contributed by atoms with van der Waals surface area (Å²) in [7, 11) is -4.68. The number of fused-ring (bicyclic) bond motifs is 1. The van der Waals surface area contributed by atoms with Crippen LogP contribution in [0.4, 0.5) is 19.0 Å². The Morgan fingerprint density at radius 2 is 1.79 bits per heavy atom. The van der Waals surface area contributed by atoms with E-state index in [0.717, 1.165) is 0 Å². The van der Waals surface area contributed by atoms with E-state index in [9.17, 15) is 37.4 Å². The Labute approximate surface area is 320 Å². The van der Waals surface area contributed by atoms with Gasteiger partial charge in [0.2, 0.25) is 5.60 Å². The molecule has 2 aliphatic rings. The molecule has 6 atom stereocenters. The molecule has 2 aromatic heterocycles. The van der Waals surface area contributed by atoms with Crippen LogP contribution in [0.3, 0.4) is 0 Å². The molecule has 0 amide bonds. The summed E-state index contributed by atoms with van der Waals surface area (Å²) in [4.78, 5) is 44.0. The van der Waals surface area contributed by atoms with Crippen molar-refractivity contribution >= 4 is 37.0 Å². The van der Waals surface area contributed by atoms with E-state index >= 15 is 0 Å². The first-order valence-electron chi connectivity index (χ1n) is 17.9. The first-order valence-corrected chi connectivity index (χ1v) is 19.4. The molecule has 1 aromatic carbocycles. The summed E-state index contributed by atoms with van der Waals surface area (Å²) in [6.07, 6.45) is -7.05. The first kappa shape index (κ1) is 42.3. The summed E-state index contributed by atoms with van der Waals surface area (Å²) in [6, 6.07) is 11.5. The number of ether oxygens (including phenoxy) is 4. The second kappa shape index (κ2) is 18.0. The number of alkyl halides is 3. The number of esters is 3. The van der Waals surface area contributed by atoms with Crippen molar-refractivity contribution in [3.8, 4) is 11.8 Å². The van der Waals surface area contributed by atoms with Crippen LogP contribution in [0.15, 0.2) is 48.8 Å². The molecule has 2 saturated heterocycles. The highest BCUT2D eigenvalue weighted by Crippen LogP contribution is 2.50. The maximum Gasteiger partial charge on any atom is 0.459 e. The van der Waals surface area contributed by atoms with Gasteiger partial charge in [0.25, 0.3) is 0 Å². The number of hydrogen-bond acceptors (Lipinski definition) is 15. The minimum atomic E-state index is -4.68. The fourth-order valence-electron chi connectivity index (χ4n) is 6.26. The number of anilines is 1. The molecule has 2 fully saturated rings. The molecule has 0 radical (unpaired) electrons. The molecule has 0 saturated carbocycles. The molecular formula is C35H43F3N7O10P. The smallest absolute Gasteiger partial charge is 0.459 e. The Bertz CT molecular complexity index is 1940. The van der Waals surface area contributed by atoms with E-state index in [0.29, 0.717) is 18.4 Å². The maximum atomic E-state index is 14.5. The second-order valence-corrected chi connectivity index (χ2v) is 15.0. The molecule has 3 N–H and O–H groups in total. The standard InChI is InChI=1S/C35H43F3N7O10P/c1-4-27(46)52-30-29(25-11-12-26-32(40)41-21-42-45(25)26)54-34(18-39,31(30)53-28(47)5-2)20-51-56(49,55-24-9-7-6-8-10-24)43-22(3)33(48)50-17-23-13-15-44(16-14-23)19-35(36,37)38/h6-12,21-23,29-31H,4-5,13-17,19-20H2,1-3H3,(H,43,49)(H2,40,41,42)/t22-,29-,30-,31-,34+,56-/m0/s1. The lowest BCUT2D eigenvalue weighted by Crippen LogP contribution is -2.49. The number of carbonyl (C=O) groups excluding carboxylic acids is 3. The van der Waals surface area contributed by atoms with Gasteiger partial charge in [-0.25, -0.2) is 14.1 Å². The lowest BCUT2D eigenvalue weighted by Gasteiger charge is -2.32. The quantitative estimate of drug-likeness (QED) is 0.117. The number of aromatic nitrogens is 3. The number of nitrogens with two attached hydrogens (primary N) is 1. The fraction of sp³-hybridized carbons (Fsp3) is 0.543. The van der Waals surface area contributed by atoms with E-state index in [1.807, 2.05) is 6.07 Å². The zero-order valence-corrected chi connectivity index (χ0v) is 31.7. The number of nitrogens with one attached hydrogen (secondary N) is 1. The molecule has 5 rings (SSSR count). The van der Waals surface area contributed by atoms with E-state index in [1.165, 1.54) is 48.6 Å². The van der Waals surface area contributed by atoms with Crippen molar-refractivity contribution in [1.82, 2.24) is 24.6 Å². The molecule has 4 heterocycles. The molecule has 17 nitrogen and oxygen atoms in total. The van der Waals surface area contributed by atoms with Gasteiger partial charge in [-0.2, -0.15) is 28.6 Å². The van der Waals surface area contributed by atoms with Gasteiger partial charge in [0, 0.05) is 12.8 Å². The van der Waals surface area contributed by atoms with Gasteiger partial charge in [-0.3, -0.25) is 23.8 Å². The number of para-hydroxylation sites is 1. The van der Waals surface area contributed by atoms with Crippen LogP contribution in [-0.2, 0) is 42.4 Å². The highest BCUT2D eigenvalue weighted by Gasteiger charge is 2.62. The number of benzene rings is 1. The number of nitrogens with zero attached hydrogens (tertiary/aromatic N) is 5. The normalized spacial score (nSPS) is 23.5. The van der Waals surface area contributed by atoms with Crippen molar-refractivity contribution in [2.75, 3.05) is 38.6 Å². The van der Waals surface area contributed by atoms with Crippen LogP contribution in [-0.4, -0.2) is 100 Å². The van der Waals surface area contributed by atoms with Crippen molar-refractivity contribution < 1.29 is 60.1 Å². The molecule has 304 valence electrons. The van der Waals surface area contributed by atoms with Gasteiger partial charge >= 0.3 is 31.8 Å². The SMILES string of the molecule is CCC(=O)O[C@H]1[C@H](c2ccc3c(N)ncnn23)O[C@](C#N)(CO[P@@](=O)(N[C@@H](C)C(=O)OCC2CCN(CC(F)(F)F)CC2)Oc2ccccc2)[C@H]1OC(=O)CC. The largest absolute Gasteiger partial charge is 0.464 e. The average Bonchev–Trinajstić information content (AvgIpc) is 3.73. The van der Waals surface area contributed by atoms with Crippen LogP contribution in [0, 0.1) is 17.2 Å². The molecule has 0 bridgehead atoms. The average molecular weight is 810 g/mol. The molecule has 0 unspecified atom stereocenters. The van der Waals surface area contributed by atoms with Crippen LogP contribution in [0.5, 0.6) is 5.75 Å². The molecular weight excluding hydrogens is 766 g/mol. The number of nitriles is 1. The Balaban J connectivity index is 1.39. The number of rotatable bonds is 16. The second-order valence-electron chi connectivity index (χ2n) is 13.3. The van der Waals surface area contributed by atoms with Crippen molar-refractivity contribution in [2.24, 2.45) is 5.92 Å². The fourth-order valence-corrected chi connectivity index (χ4v) is 7.78. The van der Waals surface area contributed by atoms with Crippen LogP contribution in [0.2, 0.25) is 0 Å². The highest BCUT2D eigenvalue weighted by atomic mass is 31.2. The van der Waals surface area contributed by atoms with Gasteiger partial charge < -0.3 is 29.2 Å². The topological polar surface area (TPSA) is 219 Å². The predicted octanol–water partition coefficient (Wildman–Crippen LogP) is 4.29. The van der Waals surface area contributed by atoms with Crippen LogP contribution < -0.4 is 15.3 Å². The van der Waals surface area contributed by atoms with E-state index in [4.69, 9.17) is 33.7 Å². The number of likely N-dealkylation sites (tertiary alicyclic amines) is 1. The monoisotopic (exact) mass is 809 g/mol. The molecule has 0 aliphatic carbocycles. The summed E-state index contributed by atoms with van der Waals surface area (Å²) >= 11 is 0. The third kappa shape index (κ3) is 10.3. The number of carbonyl (C=O) groups is 3. The van der Waals surface area contributed by atoms with Crippen LogP contribution in [0.25, 0.3) is 5.52 Å². The van der Waals surface area contributed by atoms with E-state index < -0.39 is 74.9 Å². The Kier molecular flexibility index (Phi) is 13.6. The van der Waals surface area contributed by atoms with E-state index in [-0.39, 0.29) is 55.7 Å². The van der Waals surface area contributed by atoms with Crippen molar-refractivity contribution in [2.45, 2.75) is 82.6 Å². The van der Waals surface area contributed by atoms with Gasteiger partial charge in [0.05, 0.1) is 18.8 Å². The van der Waals surface area contributed by atoms with E-state index in [2.05, 4.69) is 15.2 Å². The molecule has 0 spiro atoms. The zero-order chi connectivity index (χ0) is 40.7. The van der Waals surface area contributed by atoms with Gasteiger partial charge in [-0.05, 0) is 63.0 Å². The Morgan fingerprint density at radius 1 is 1.11 bits per heavy atom. The molecule has 2 aliphatic heterocycles. The van der Waals surface area contributed by atoms with Crippen molar-refractivity contribution in [3.05, 3.63) is 54.5 Å². The van der Waals surface area contributed by atoms with Gasteiger partial charge in [-0.1, -0.05) is 32.0 Å². The third-order valence-corrected chi connectivity index (χ3v) is 10.8. The minimum Gasteiger partial charge on any atom is -0.464 e. The number of hydrogen-bond donors (Lipinski definition) is 2. The van der Waals surface area contributed by atoms with E-state index in [1.54, 1.807) is 30.3 Å². The van der Waals surface area contributed by atoms with Gasteiger partial charge in [0.1, 0.15) is 42.4 Å². The highest BCUT2D eigenvalue weighted by molar-refractivity contribution is 7.52. The van der Waals surface area contributed by atoms with Gasteiger partial charge in [0.15, 0.2) is 18.0 Å². The molecule has 3 aromatic rings. The molecule has 56 heavy (non-hydrogen) atoms. The molecule has 21 heteroatoms. The summed E-state index contributed by atoms with van der Waals surface area (Å²) in [5.74, 6) is -2.40. The predicted molar refractivity (Wildman–Crippen MR) is 189 cm³/mol.